The molecule has 3 atom stereocenters. The molecule has 38 heavy (non-hydrogen) atoms. The van der Waals surface area contributed by atoms with E-state index in [1.165, 1.54) is 11.1 Å². The second-order valence-electron chi connectivity index (χ2n) is 11.2. The predicted molar refractivity (Wildman–Crippen MR) is 157 cm³/mol. The summed E-state index contributed by atoms with van der Waals surface area (Å²) in [6, 6.07) is 10.3. The number of hydrogen-bond acceptors (Lipinski definition) is 4. The van der Waals surface area contributed by atoms with Crippen LogP contribution in [0.5, 0.6) is 11.5 Å². The summed E-state index contributed by atoms with van der Waals surface area (Å²) in [6.45, 7) is 11.9. The molecule has 3 unspecified atom stereocenters. The molecule has 0 spiro atoms. The minimum atomic E-state index is 0.0905. The van der Waals surface area contributed by atoms with Gasteiger partial charge in [-0.2, -0.15) is 0 Å². The van der Waals surface area contributed by atoms with Gasteiger partial charge in [-0.15, -0.1) is 0 Å². The maximum atomic E-state index is 13.0. The van der Waals surface area contributed by atoms with Crippen LogP contribution < -0.4 is 30.9 Å². The van der Waals surface area contributed by atoms with E-state index >= 15 is 0 Å². The summed E-state index contributed by atoms with van der Waals surface area (Å²) in [5.41, 5.74) is 2.70. The van der Waals surface area contributed by atoms with Crippen LogP contribution in [0.25, 0.3) is 10.6 Å². The first kappa shape index (κ1) is 28.8. The fraction of sp³-hybridized carbons (Fsp3) is 0.594. The number of benzene rings is 1. The molecule has 0 saturated carbocycles. The first-order chi connectivity index (χ1) is 18.4. The summed E-state index contributed by atoms with van der Waals surface area (Å²) in [5, 5.41) is 6.84. The lowest BCUT2D eigenvalue weighted by Crippen LogP contribution is -2.47. The van der Waals surface area contributed by atoms with Gasteiger partial charge in [0, 0.05) is 35.4 Å². The highest BCUT2D eigenvalue weighted by Crippen LogP contribution is 2.31. The maximum Gasteiger partial charge on any atom is 0.251 e. The Kier molecular flexibility index (Phi) is 10.4. The van der Waals surface area contributed by atoms with E-state index in [9.17, 15) is 4.79 Å². The van der Waals surface area contributed by atoms with E-state index in [1.807, 2.05) is 16.7 Å². The van der Waals surface area contributed by atoms with Crippen molar-refractivity contribution in [3.05, 3.63) is 56.8 Å². The van der Waals surface area contributed by atoms with Crippen LogP contribution >= 0.6 is 11.6 Å². The lowest BCUT2D eigenvalue weighted by Gasteiger charge is -2.26. The van der Waals surface area contributed by atoms with E-state index in [1.54, 1.807) is 6.07 Å². The molecule has 1 aliphatic carbocycles. The lowest BCUT2D eigenvalue weighted by atomic mass is 9.88. The van der Waals surface area contributed by atoms with Gasteiger partial charge in [-0.25, -0.2) is 0 Å². The fourth-order valence-electron chi connectivity index (χ4n) is 5.79. The number of ether oxygens (including phenoxy) is 2. The molecule has 1 aromatic heterocycles. The van der Waals surface area contributed by atoms with Gasteiger partial charge in [0.2, 0.25) is 0 Å². The molecule has 0 bridgehead atoms. The van der Waals surface area contributed by atoms with Gasteiger partial charge in [0.25, 0.3) is 5.56 Å². The summed E-state index contributed by atoms with van der Waals surface area (Å²) in [7, 11) is 0. The van der Waals surface area contributed by atoms with Crippen molar-refractivity contribution in [1.82, 2.24) is 9.88 Å². The molecule has 208 valence electrons. The van der Waals surface area contributed by atoms with E-state index in [-0.39, 0.29) is 5.56 Å². The van der Waals surface area contributed by atoms with E-state index in [0.29, 0.717) is 31.1 Å². The molecule has 2 aromatic rings. The standard InChI is InChI=1S/C32H45ClN2O3/c1-5-7-25-11-14-28(33)27-13-16-31(36)35(32(25)27)21-23(4)22(3)9-12-26(8-6-2)34-20-24-10-15-29-30(19-24)38-18-17-37-29/h10,13,15-16,19,22-23,26,34H,5-9,11-12,14,17-18,20-21H2,1-4H3. The van der Waals surface area contributed by atoms with Crippen LogP contribution in [0.2, 0.25) is 0 Å². The minimum absolute atomic E-state index is 0.0905. The summed E-state index contributed by atoms with van der Waals surface area (Å²) in [4.78, 5) is 13.0. The molecule has 2 heterocycles. The first-order valence-electron chi connectivity index (χ1n) is 14.6. The number of nitrogens with one attached hydrogen (secondary N) is 1. The number of pyridine rings is 1. The normalized spacial score (nSPS) is 17.2. The van der Waals surface area contributed by atoms with Gasteiger partial charge in [-0.1, -0.05) is 58.2 Å². The first-order valence-corrected chi connectivity index (χ1v) is 15.0. The zero-order valence-electron chi connectivity index (χ0n) is 23.7. The van der Waals surface area contributed by atoms with Gasteiger partial charge in [0.15, 0.2) is 11.5 Å². The van der Waals surface area contributed by atoms with Crippen LogP contribution in [0.15, 0.2) is 35.1 Å². The highest BCUT2D eigenvalue weighted by atomic mass is 35.5. The highest BCUT2D eigenvalue weighted by Gasteiger charge is 2.19. The van der Waals surface area contributed by atoms with Gasteiger partial charge < -0.3 is 19.4 Å². The van der Waals surface area contributed by atoms with E-state index < -0.39 is 0 Å². The third-order valence-electron chi connectivity index (χ3n) is 8.26. The topological polar surface area (TPSA) is 52.5 Å². The molecular weight excluding hydrogens is 496 g/mol. The largest absolute Gasteiger partial charge is 0.486 e. The number of hydrogen-bond donors (Lipinski definition) is 1. The molecule has 6 heteroatoms. The molecule has 4 rings (SSSR count). The van der Waals surface area contributed by atoms with Crippen molar-refractivity contribution >= 4 is 22.2 Å². The Bertz CT molecular complexity index is 1270. The molecule has 1 N–H and O–H groups in total. The van der Waals surface area contributed by atoms with Crippen molar-refractivity contribution in [2.24, 2.45) is 11.8 Å². The lowest BCUT2D eigenvalue weighted by molar-refractivity contribution is 0.171. The van der Waals surface area contributed by atoms with Crippen molar-refractivity contribution in [1.29, 1.82) is 0 Å². The Labute approximate surface area is 232 Å². The highest BCUT2D eigenvalue weighted by molar-refractivity contribution is 6.45. The third kappa shape index (κ3) is 7.04. The van der Waals surface area contributed by atoms with E-state index in [2.05, 4.69) is 45.1 Å². The van der Waals surface area contributed by atoms with Crippen molar-refractivity contribution in [3.63, 3.8) is 0 Å². The van der Waals surface area contributed by atoms with Crippen LogP contribution in [0.1, 0.15) is 84.6 Å². The van der Waals surface area contributed by atoms with E-state index in [0.717, 1.165) is 91.6 Å². The summed E-state index contributed by atoms with van der Waals surface area (Å²) < 4.78 is 13.4. The quantitative estimate of drug-likeness (QED) is 0.353. The van der Waals surface area contributed by atoms with Crippen molar-refractivity contribution in [2.75, 3.05) is 13.2 Å². The number of fused-ring (bicyclic) bond motifs is 2. The molecule has 0 fully saturated rings. The number of nitrogens with zero attached hydrogens (tertiary/aromatic N) is 1. The smallest absolute Gasteiger partial charge is 0.251 e. The predicted octanol–water partition coefficient (Wildman–Crippen LogP) is 5.72. The van der Waals surface area contributed by atoms with Gasteiger partial charge in [0.05, 0.1) is 5.35 Å². The molecule has 5 nitrogen and oxygen atoms in total. The molecular formula is C32H45ClN2O3. The van der Waals surface area contributed by atoms with Gasteiger partial charge >= 0.3 is 0 Å². The van der Waals surface area contributed by atoms with Crippen LogP contribution in [0.4, 0.5) is 0 Å². The van der Waals surface area contributed by atoms with E-state index in [4.69, 9.17) is 21.1 Å². The molecule has 1 aliphatic heterocycles. The van der Waals surface area contributed by atoms with Crippen molar-refractivity contribution < 1.29 is 9.47 Å². The summed E-state index contributed by atoms with van der Waals surface area (Å²) in [6.07, 6.45) is 8.51. The third-order valence-corrected chi connectivity index (χ3v) is 8.65. The van der Waals surface area contributed by atoms with Crippen LogP contribution in [0, 0.1) is 11.8 Å². The monoisotopic (exact) mass is 540 g/mol. The average Bonchev–Trinajstić information content (AvgIpc) is 2.92. The fourth-order valence-corrected chi connectivity index (χ4v) is 6.04. The summed E-state index contributed by atoms with van der Waals surface area (Å²) in [5.74, 6) is 2.58. The maximum absolute atomic E-state index is 13.0. The van der Waals surface area contributed by atoms with Gasteiger partial charge in [0.1, 0.15) is 13.2 Å². The average molecular weight is 541 g/mol. The number of halogens is 1. The van der Waals surface area contributed by atoms with Crippen molar-refractivity contribution in [2.45, 2.75) is 98.2 Å². The van der Waals surface area contributed by atoms with Gasteiger partial charge in [-0.3, -0.25) is 4.79 Å². The Hall–Kier alpha value is -2.24. The minimum Gasteiger partial charge on any atom is -0.486 e. The molecule has 0 radical (unpaired) electrons. The Morgan fingerprint density at radius 1 is 0.947 bits per heavy atom. The summed E-state index contributed by atoms with van der Waals surface area (Å²) >= 11 is 6.63. The van der Waals surface area contributed by atoms with Crippen LogP contribution in [0.3, 0.4) is 0 Å². The second-order valence-corrected chi connectivity index (χ2v) is 11.6. The molecule has 0 saturated heterocycles. The van der Waals surface area contributed by atoms with Crippen molar-refractivity contribution in [3.8, 4) is 11.5 Å². The second kappa shape index (κ2) is 13.7. The zero-order valence-corrected chi connectivity index (χ0v) is 24.4. The Morgan fingerprint density at radius 3 is 2.50 bits per heavy atom. The number of rotatable bonds is 13. The van der Waals surface area contributed by atoms with Crippen LogP contribution in [-0.4, -0.2) is 23.8 Å². The molecule has 1 aromatic carbocycles. The van der Waals surface area contributed by atoms with Crippen LogP contribution in [-0.2, 0) is 13.1 Å². The SMILES string of the molecule is CCCC1=c2c(ccc(=O)n2CC(C)C(C)CCC(CCC)NCc2ccc3c(c2)OCCO3)=C(Cl)CC1. The zero-order chi connectivity index (χ0) is 27.1. The Balaban J connectivity index is 1.40. The Morgan fingerprint density at radius 2 is 1.74 bits per heavy atom. The van der Waals surface area contributed by atoms with Gasteiger partial charge in [-0.05, 0) is 79.7 Å². The number of aromatic nitrogens is 1. The molecule has 2 aliphatic rings. The molecule has 0 amide bonds.